The van der Waals surface area contributed by atoms with E-state index < -0.39 is 11.8 Å². The van der Waals surface area contributed by atoms with Gasteiger partial charge >= 0.3 is 0 Å². The smallest absolute Gasteiger partial charge is 0.259 e. The predicted molar refractivity (Wildman–Crippen MR) is 139 cm³/mol. The van der Waals surface area contributed by atoms with Gasteiger partial charge < -0.3 is 26.4 Å². The second-order valence-corrected chi connectivity index (χ2v) is 8.07. The molecular weight excluding hydrogens is 458 g/mol. The van der Waals surface area contributed by atoms with Crippen LogP contribution >= 0.6 is 0 Å². The zero-order valence-electron chi connectivity index (χ0n) is 20.3. The number of unbranched alkanes of at least 4 members (excludes halogenated alkanes) is 3. The third-order valence-electron chi connectivity index (χ3n) is 5.45. The number of hydrogen-bond acceptors (Lipinski definition) is 6. The minimum Gasteiger partial charge on any atom is -0.497 e. The van der Waals surface area contributed by atoms with Crippen molar-refractivity contribution in [3.8, 4) is 5.75 Å². The average Bonchev–Trinajstić information content (AvgIpc) is 2.91. The summed E-state index contributed by atoms with van der Waals surface area (Å²) < 4.78 is 5.24. The van der Waals surface area contributed by atoms with Crippen LogP contribution in [-0.2, 0) is 0 Å². The first-order valence-corrected chi connectivity index (χ1v) is 11.8. The SMILES string of the molecule is COc1ccc(NC(=O)c2ccc(C(=O)NCCCCCCN)cc2)c(C(=O)Nc2ccccn2)c1. The van der Waals surface area contributed by atoms with Gasteiger partial charge in [0.1, 0.15) is 11.6 Å². The topological polar surface area (TPSA) is 135 Å². The molecule has 3 aromatic rings. The van der Waals surface area contributed by atoms with Gasteiger partial charge in [-0.25, -0.2) is 4.98 Å². The van der Waals surface area contributed by atoms with Crippen LogP contribution in [0.3, 0.4) is 0 Å². The first-order chi connectivity index (χ1) is 17.5. The first-order valence-electron chi connectivity index (χ1n) is 11.8. The summed E-state index contributed by atoms with van der Waals surface area (Å²) in [5.41, 5.74) is 6.82. The maximum absolute atomic E-state index is 12.9. The number of anilines is 2. The van der Waals surface area contributed by atoms with Crippen molar-refractivity contribution in [1.29, 1.82) is 0 Å². The third kappa shape index (κ3) is 7.64. The molecule has 36 heavy (non-hydrogen) atoms. The van der Waals surface area contributed by atoms with E-state index in [9.17, 15) is 14.4 Å². The number of benzene rings is 2. The van der Waals surface area contributed by atoms with Crippen molar-refractivity contribution in [3.05, 3.63) is 83.6 Å². The Labute approximate surface area is 210 Å². The van der Waals surface area contributed by atoms with Crippen molar-refractivity contribution in [2.75, 3.05) is 30.8 Å². The Balaban J connectivity index is 1.64. The zero-order chi connectivity index (χ0) is 25.8. The summed E-state index contributed by atoms with van der Waals surface area (Å²) in [4.78, 5) is 42.2. The minimum absolute atomic E-state index is 0.190. The summed E-state index contributed by atoms with van der Waals surface area (Å²) in [5.74, 6) is -0.206. The molecule has 0 bridgehead atoms. The van der Waals surface area contributed by atoms with Crippen molar-refractivity contribution in [2.24, 2.45) is 5.73 Å². The molecule has 1 heterocycles. The highest BCUT2D eigenvalue weighted by Gasteiger charge is 2.17. The number of nitrogens with one attached hydrogen (secondary N) is 3. The van der Waals surface area contributed by atoms with Crippen molar-refractivity contribution in [2.45, 2.75) is 25.7 Å². The van der Waals surface area contributed by atoms with Crippen molar-refractivity contribution in [3.63, 3.8) is 0 Å². The van der Waals surface area contributed by atoms with Gasteiger partial charge in [0, 0.05) is 23.9 Å². The monoisotopic (exact) mass is 489 g/mol. The average molecular weight is 490 g/mol. The minimum atomic E-state index is -0.446. The second-order valence-electron chi connectivity index (χ2n) is 8.07. The predicted octanol–water partition coefficient (Wildman–Crippen LogP) is 3.84. The van der Waals surface area contributed by atoms with Crippen LogP contribution in [0.5, 0.6) is 5.75 Å². The fourth-order valence-corrected chi connectivity index (χ4v) is 3.46. The van der Waals surface area contributed by atoms with Crippen LogP contribution in [0.25, 0.3) is 0 Å². The third-order valence-corrected chi connectivity index (χ3v) is 5.45. The summed E-state index contributed by atoms with van der Waals surface area (Å²) in [7, 11) is 1.49. The maximum Gasteiger partial charge on any atom is 0.259 e. The van der Waals surface area contributed by atoms with Gasteiger partial charge in [0.2, 0.25) is 0 Å². The Morgan fingerprint density at radius 2 is 1.56 bits per heavy atom. The van der Waals surface area contributed by atoms with Crippen LogP contribution in [-0.4, -0.2) is 42.9 Å². The number of methoxy groups -OCH3 is 1. The number of aromatic nitrogens is 1. The summed E-state index contributed by atoms with van der Waals surface area (Å²) in [5, 5.41) is 8.36. The fraction of sp³-hybridized carbons (Fsp3) is 0.259. The lowest BCUT2D eigenvalue weighted by atomic mass is 10.1. The molecule has 3 amide bonds. The molecule has 2 aromatic carbocycles. The molecule has 0 aliphatic rings. The number of carbonyl (C=O) groups excluding carboxylic acids is 3. The van der Waals surface area contributed by atoms with Crippen LogP contribution in [0.4, 0.5) is 11.5 Å². The van der Waals surface area contributed by atoms with Gasteiger partial charge in [0.05, 0.1) is 18.4 Å². The Morgan fingerprint density at radius 3 is 2.22 bits per heavy atom. The largest absolute Gasteiger partial charge is 0.497 e. The number of rotatable bonds is 12. The molecule has 0 unspecified atom stereocenters. The summed E-state index contributed by atoms with van der Waals surface area (Å²) in [6.07, 6.45) is 5.52. The van der Waals surface area contributed by atoms with Crippen molar-refractivity contribution < 1.29 is 19.1 Å². The van der Waals surface area contributed by atoms with E-state index in [1.807, 2.05) is 0 Å². The lowest BCUT2D eigenvalue weighted by molar-refractivity contribution is 0.0950. The van der Waals surface area contributed by atoms with Gasteiger partial charge in [0.15, 0.2) is 0 Å². The highest BCUT2D eigenvalue weighted by atomic mass is 16.5. The Bertz CT molecular complexity index is 1170. The standard InChI is InChI=1S/C27H31N5O4/c1-36-21-13-14-23(22(18-21)27(35)32-24-8-4-7-16-29-24)31-26(34)20-11-9-19(10-12-20)25(33)30-17-6-3-2-5-15-28/h4,7-14,16,18H,2-3,5-6,15,17,28H2,1H3,(H,30,33)(H,31,34)(H,29,32,35). The molecule has 188 valence electrons. The van der Waals surface area contributed by atoms with E-state index in [1.54, 1.807) is 60.8 Å². The summed E-state index contributed by atoms with van der Waals surface area (Å²) in [6.45, 7) is 1.27. The number of nitrogens with zero attached hydrogens (tertiary/aromatic N) is 1. The molecule has 9 nitrogen and oxygen atoms in total. The Hall–Kier alpha value is -4.24. The van der Waals surface area contributed by atoms with Gasteiger partial charge in [-0.05, 0) is 74.0 Å². The van der Waals surface area contributed by atoms with Crippen molar-refractivity contribution in [1.82, 2.24) is 10.3 Å². The van der Waals surface area contributed by atoms with Gasteiger partial charge in [-0.15, -0.1) is 0 Å². The second kappa shape index (κ2) is 13.6. The molecule has 3 rings (SSSR count). The number of hydrogen-bond donors (Lipinski definition) is 4. The van der Waals surface area contributed by atoms with Crippen LogP contribution < -0.4 is 26.4 Å². The highest BCUT2D eigenvalue weighted by Crippen LogP contribution is 2.24. The number of amides is 3. The van der Waals surface area contributed by atoms with E-state index in [0.717, 1.165) is 25.7 Å². The van der Waals surface area contributed by atoms with Gasteiger partial charge in [-0.2, -0.15) is 0 Å². The molecule has 0 atom stereocenters. The van der Waals surface area contributed by atoms with Crippen LogP contribution in [0, 0.1) is 0 Å². The van der Waals surface area contributed by atoms with E-state index in [2.05, 4.69) is 20.9 Å². The summed E-state index contributed by atoms with van der Waals surface area (Å²) >= 11 is 0. The van der Waals surface area contributed by atoms with Crippen LogP contribution in [0.15, 0.2) is 66.9 Å². The molecule has 0 aliphatic carbocycles. The summed E-state index contributed by atoms with van der Waals surface area (Å²) in [6, 6.07) is 16.3. The van der Waals surface area contributed by atoms with Gasteiger partial charge in [0.25, 0.3) is 17.7 Å². The van der Waals surface area contributed by atoms with Crippen LogP contribution in [0.2, 0.25) is 0 Å². The Kier molecular flexibility index (Phi) is 9.96. The maximum atomic E-state index is 12.9. The van der Waals surface area contributed by atoms with Gasteiger partial charge in [-0.1, -0.05) is 18.9 Å². The van der Waals surface area contributed by atoms with E-state index >= 15 is 0 Å². The van der Waals surface area contributed by atoms with E-state index in [4.69, 9.17) is 10.5 Å². The first kappa shape index (κ1) is 26.4. The van der Waals surface area contributed by atoms with Crippen molar-refractivity contribution >= 4 is 29.2 Å². The molecule has 0 radical (unpaired) electrons. The number of nitrogens with two attached hydrogens (primary N) is 1. The number of carbonyl (C=O) groups is 3. The fourth-order valence-electron chi connectivity index (χ4n) is 3.46. The van der Waals surface area contributed by atoms with Gasteiger partial charge in [-0.3, -0.25) is 14.4 Å². The molecule has 0 saturated heterocycles. The lowest BCUT2D eigenvalue weighted by Crippen LogP contribution is -2.24. The van der Waals surface area contributed by atoms with Crippen LogP contribution in [0.1, 0.15) is 56.8 Å². The molecule has 0 saturated carbocycles. The molecular formula is C27H31N5O4. The molecule has 0 fully saturated rings. The molecule has 0 spiro atoms. The quantitative estimate of drug-likeness (QED) is 0.286. The zero-order valence-corrected chi connectivity index (χ0v) is 20.3. The van der Waals surface area contributed by atoms with E-state index in [0.29, 0.717) is 41.5 Å². The Morgan fingerprint density at radius 1 is 0.833 bits per heavy atom. The van der Waals surface area contributed by atoms with E-state index in [1.165, 1.54) is 13.2 Å². The normalized spacial score (nSPS) is 10.4. The molecule has 0 aliphatic heterocycles. The molecule has 1 aromatic heterocycles. The van der Waals surface area contributed by atoms with E-state index in [-0.39, 0.29) is 11.5 Å². The molecule has 5 N–H and O–H groups in total. The highest BCUT2D eigenvalue weighted by molar-refractivity contribution is 6.12. The molecule has 9 heteroatoms. The number of pyridine rings is 1. The lowest BCUT2D eigenvalue weighted by Gasteiger charge is -2.13. The number of ether oxygens (including phenoxy) is 1.